The van der Waals surface area contributed by atoms with Crippen molar-refractivity contribution in [2.24, 2.45) is 0 Å². The van der Waals surface area contributed by atoms with Crippen LogP contribution < -0.4 is 15.5 Å². The fourth-order valence-electron chi connectivity index (χ4n) is 2.34. The van der Waals surface area contributed by atoms with Crippen molar-refractivity contribution in [3.63, 3.8) is 0 Å². The van der Waals surface area contributed by atoms with Gasteiger partial charge in [0.05, 0.1) is 28.3 Å². The average Bonchev–Trinajstić information content (AvgIpc) is 2.63. The lowest BCUT2D eigenvalue weighted by atomic mass is 10.2. The van der Waals surface area contributed by atoms with Crippen LogP contribution in [0.3, 0.4) is 0 Å². The second-order valence-electron chi connectivity index (χ2n) is 6.40. The monoisotopic (exact) mass is 388 g/mol. The zero-order chi connectivity index (χ0) is 20.0. The maximum atomic E-state index is 11.9. The van der Waals surface area contributed by atoms with Crippen LogP contribution in [-0.4, -0.2) is 55.0 Å². The lowest BCUT2D eigenvalue weighted by Gasteiger charge is -2.24. The van der Waals surface area contributed by atoms with Crippen LogP contribution in [0.2, 0.25) is 5.02 Å². The molecule has 0 unspecified atom stereocenters. The maximum absolute atomic E-state index is 11.9. The number of benzene rings is 1. The van der Waals surface area contributed by atoms with E-state index in [-0.39, 0.29) is 5.91 Å². The molecule has 0 saturated heterocycles. The van der Waals surface area contributed by atoms with Gasteiger partial charge in [0.25, 0.3) is 0 Å². The summed E-state index contributed by atoms with van der Waals surface area (Å²) in [6.07, 6.45) is 2.80. The molecule has 0 aliphatic heterocycles. The molecule has 27 heavy (non-hydrogen) atoms. The Balaban J connectivity index is 2.28. The fourth-order valence-corrected chi connectivity index (χ4v) is 2.43. The van der Waals surface area contributed by atoms with Gasteiger partial charge in [-0.25, -0.2) is 9.97 Å². The van der Waals surface area contributed by atoms with Crippen LogP contribution in [0.1, 0.15) is 5.69 Å². The Labute approximate surface area is 165 Å². The molecule has 144 valence electrons. The van der Waals surface area contributed by atoms with Crippen LogP contribution in [0.25, 0.3) is 0 Å². The summed E-state index contributed by atoms with van der Waals surface area (Å²) in [5.41, 5.74) is 3.03. The molecule has 1 aromatic carbocycles. The molecule has 8 heteroatoms. The first-order valence-electron chi connectivity index (χ1n) is 8.49. The second kappa shape index (κ2) is 9.34. The molecule has 0 aliphatic rings. The molecule has 0 radical (unpaired) electrons. The number of carbonyl (C=O) groups is 1. The fraction of sp³-hybridized carbons (Fsp3) is 0.316. The lowest BCUT2D eigenvalue weighted by Crippen LogP contribution is -2.29. The van der Waals surface area contributed by atoms with Crippen molar-refractivity contribution < 1.29 is 4.79 Å². The van der Waals surface area contributed by atoms with Gasteiger partial charge in [0.15, 0.2) is 0 Å². The van der Waals surface area contributed by atoms with Crippen LogP contribution in [0, 0.1) is 6.92 Å². The number of nitrogens with zero attached hydrogens (tertiary/aromatic N) is 4. The van der Waals surface area contributed by atoms with Gasteiger partial charge in [-0.3, -0.25) is 4.79 Å². The van der Waals surface area contributed by atoms with Crippen molar-refractivity contribution >= 4 is 40.5 Å². The molecule has 2 aromatic rings. The number of amides is 1. The summed E-state index contributed by atoms with van der Waals surface area (Å²) in [6.45, 7) is 7.04. The predicted molar refractivity (Wildman–Crippen MR) is 112 cm³/mol. The summed E-state index contributed by atoms with van der Waals surface area (Å²) >= 11 is 5.97. The Hall–Kier alpha value is -2.64. The number of aryl methyl sites for hydroxylation is 1. The van der Waals surface area contributed by atoms with E-state index in [1.54, 1.807) is 6.20 Å². The van der Waals surface area contributed by atoms with Gasteiger partial charge < -0.3 is 20.4 Å². The molecule has 1 amide bonds. The number of nitrogens with one attached hydrogen (secondary N) is 2. The molecular formula is C19H25ClN6O. The summed E-state index contributed by atoms with van der Waals surface area (Å²) in [4.78, 5) is 24.5. The van der Waals surface area contributed by atoms with E-state index in [0.29, 0.717) is 22.4 Å². The molecule has 0 atom stereocenters. The van der Waals surface area contributed by atoms with Gasteiger partial charge in [-0.05, 0) is 45.3 Å². The van der Waals surface area contributed by atoms with Crippen LogP contribution >= 0.6 is 11.6 Å². The molecule has 0 bridgehead atoms. The summed E-state index contributed by atoms with van der Waals surface area (Å²) in [5.74, 6) is 0.166. The summed E-state index contributed by atoms with van der Waals surface area (Å²) in [6, 6.07) is 5.70. The van der Waals surface area contributed by atoms with E-state index < -0.39 is 0 Å². The molecule has 0 fully saturated rings. The number of likely N-dealkylation sites (N-methyl/N-ethyl adjacent to an activating group) is 2. The molecule has 0 saturated carbocycles. The molecule has 7 nitrogen and oxygen atoms in total. The Morgan fingerprint density at radius 3 is 2.67 bits per heavy atom. The van der Waals surface area contributed by atoms with E-state index in [2.05, 4.69) is 37.0 Å². The van der Waals surface area contributed by atoms with Crippen molar-refractivity contribution in [2.45, 2.75) is 6.92 Å². The van der Waals surface area contributed by atoms with Crippen molar-refractivity contribution in [2.75, 3.05) is 49.8 Å². The standard InChI is InChI=1S/C19H25ClN6O/c1-6-18(27)24-16-11-14(23-19-21-12-15(20)13(2)22-19)7-8-17(16)26(5)10-9-25(3)4/h6-8,11-12H,1,9-10H2,2-5H3,(H,24,27)(H,21,22,23). The van der Waals surface area contributed by atoms with Gasteiger partial charge in [0, 0.05) is 25.8 Å². The van der Waals surface area contributed by atoms with Gasteiger partial charge in [-0.2, -0.15) is 0 Å². The molecule has 1 aromatic heterocycles. The smallest absolute Gasteiger partial charge is 0.247 e. The van der Waals surface area contributed by atoms with Gasteiger partial charge in [0.1, 0.15) is 0 Å². The van der Waals surface area contributed by atoms with E-state index >= 15 is 0 Å². The van der Waals surface area contributed by atoms with Gasteiger partial charge in [-0.15, -0.1) is 0 Å². The minimum Gasteiger partial charge on any atom is -0.372 e. The Morgan fingerprint density at radius 2 is 2.04 bits per heavy atom. The highest BCUT2D eigenvalue weighted by Crippen LogP contribution is 2.30. The van der Waals surface area contributed by atoms with Crippen molar-refractivity contribution in [1.29, 1.82) is 0 Å². The minimum absolute atomic E-state index is 0.270. The van der Waals surface area contributed by atoms with E-state index in [4.69, 9.17) is 11.6 Å². The third-order valence-electron chi connectivity index (χ3n) is 3.91. The topological polar surface area (TPSA) is 73.4 Å². The molecule has 2 N–H and O–H groups in total. The minimum atomic E-state index is -0.270. The Bertz CT molecular complexity index is 824. The third-order valence-corrected chi connectivity index (χ3v) is 4.28. The number of hydrogen-bond acceptors (Lipinski definition) is 6. The number of carbonyl (C=O) groups excluding carboxylic acids is 1. The van der Waals surface area contributed by atoms with Crippen LogP contribution in [0.15, 0.2) is 37.1 Å². The summed E-state index contributed by atoms with van der Waals surface area (Å²) in [5, 5.41) is 6.51. The highest BCUT2D eigenvalue weighted by molar-refractivity contribution is 6.31. The SMILES string of the molecule is C=CC(=O)Nc1cc(Nc2ncc(Cl)c(C)n2)ccc1N(C)CCN(C)C. The first kappa shape index (κ1) is 20.7. The third kappa shape index (κ3) is 5.94. The van der Waals surface area contributed by atoms with Crippen molar-refractivity contribution in [3.05, 3.63) is 47.8 Å². The highest BCUT2D eigenvalue weighted by atomic mass is 35.5. The molecule has 1 heterocycles. The quantitative estimate of drug-likeness (QED) is 0.676. The predicted octanol–water partition coefficient (Wildman–Crippen LogP) is 3.30. The van der Waals surface area contributed by atoms with E-state index in [1.807, 2.05) is 46.3 Å². The largest absolute Gasteiger partial charge is 0.372 e. The average molecular weight is 389 g/mol. The van der Waals surface area contributed by atoms with Crippen LogP contribution in [0.4, 0.5) is 23.0 Å². The number of hydrogen-bond donors (Lipinski definition) is 2. The summed E-state index contributed by atoms with van der Waals surface area (Å²) < 4.78 is 0. The van der Waals surface area contributed by atoms with Crippen molar-refractivity contribution in [1.82, 2.24) is 14.9 Å². The first-order valence-corrected chi connectivity index (χ1v) is 8.87. The Morgan fingerprint density at radius 1 is 1.30 bits per heavy atom. The van der Waals surface area contributed by atoms with Crippen LogP contribution in [-0.2, 0) is 4.79 Å². The zero-order valence-electron chi connectivity index (χ0n) is 16.1. The molecule has 2 rings (SSSR count). The molecule has 0 spiro atoms. The molecular weight excluding hydrogens is 364 g/mol. The van der Waals surface area contributed by atoms with Gasteiger partial charge in [0.2, 0.25) is 11.9 Å². The second-order valence-corrected chi connectivity index (χ2v) is 6.81. The van der Waals surface area contributed by atoms with Gasteiger partial charge >= 0.3 is 0 Å². The van der Waals surface area contributed by atoms with Gasteiger partial charge in [-0.1, -0.05) is 18.2 Å². The maximum Gasteiger partial charge on any atom is 0.247 e. The molecule has 0 aliphatic carbocycles. The Kier molecular flexibility index (Phi) is 7.15. The van der Waals surface area contributed by atoms with Crippen molar-refractivity contribution in [3.8, 4) is 0 Å². The van der Waals surface area contributed by atoms with Crippen LogP contribution in [0.5, 0.6) is 0 Å². The van der Waals surface area contributed by atoms with E-state index in [9.17, 15) is 4.79 Å². The number of halogens is 1. The van der Waals surface area contributed by atoms with E-state index in [0.717, 1.165) is 24.5 Å². The summed E-state index contributed by atoms with van der Waals surface area (Å²) in [7, 11) is 6.03. The lowest BCUT2D eigenvalue weighted by molar-refractivity contribution is -0.111. The normalized spacial score (nSPS) is 10.6. The highest BCUT2D eigenvalue weighted by Gasteiger charge is 2.12. The zero-order valence-corrected chi connectivity index (χ0v) is 16.8. The number of anilines is 4. The van der Waals surface area contributed by atoms with E-state index in [1.165, 1.54) is 6.08 Å². The number of rotatable bonds is 8. The number of aromatic nitrogens is 2. The first-order chi connectivity index (χ1) is 12.8.